The summed E-state index contributed by atoms with van der Waals surface area (Å²) in [6, 6.07) is 16.8. The zero-order valence-corrected chi connectivity index (χ0v) is 13.7. The fourth-order valence-electron chi connectivity index (χ4n) is 3.40. The molecule has 0 spiro atoms. The molecule has 1 amide bonds. The summed E-state index contributed by atoms with van der Waals surface area (Å²) < 4.78 is 0. The van der Waals surface area contributed by atoms with Crippen molar-refractivity contribution in [2.24, 2.45) is 0 Å². The van der Waals surface area contributed by atoms with Crippen LogP contribution >= 0.6 is 11.8 Å². The smallest absolute Gasteiger partial charge is 0.237 e. The lowest BCUT2D eigenvalue weighted by atomic mass is 9.95. The number of carbonyl (C=O) groups is 1. The molecule has 0 bridgehead atoms. The van der Waals surface area contributed by atoms with Crippen molar-refractivity contribution in [1.29, 1.82) is 0 Å². The van der Waals surface area contributed by atoms with Gasteiger partial charge in [-0.05, 0) is 35.6 Å². The van der Waals surface area contributed by atoms with Crippen LogP contribution in [-0.4, -0.2) is 17.7 Å². The predicted octanol–water partition coefficient (Wildman–Crippen LogP) is 3.05. The van der Waals surface area contributed by atoms with Gasteiger partial charge < -0.3 is 10.6 Å². The molecule has 0 fully saturated rings. The normalized spacial score (nSPS) is 22.8. The van der Waals surface area contributed by atoms with Gasteiger partial charge in [0.2, 0.25) is 5.91 Å². The van der Waals surface area contributed by atoms with Gasteiger partial charge in [0.25, 0.3) is 0 Å². The summed E-state index contributed by atoms with van der Waals surface area (Å²) >= 11 is 1.88. The lowest BCUT2D eigenvalue weighted by Crippen LogP contribution is -2.48. The van der Waals surface area contributed by atoms with Crippen molar-refractivity contribution in [3.05, 3.63) is 65.2 Å². The number of rotatable bonds is 2. The molecule has 0 radical (unpaired) electrons. The Morgan fingerprint density at radius 1 is 1.09 bits per heavy atom. The molecular weight excluding hydrogens is 304 g/mol. The maximum Gasteiger partial charge on any atom is 0.237 e. The molecule has 118 valence electrons. The molecule has 4 heteroatoms. The molecule has 4 rings (SSSR count). The number of benzene rings is 2. The number of hydrogen-bond acceptors (Lipinski definition) is 3. The van der Waals surface area contributed by atoms with Crippen LogP contribution in [0.25, 0.3) is 0 Å². The van der Waals surface area contributed by atoms with Gasteiger partial charge >= 0.3 is 0 Å². The third-order valence-corrected chi connectivity index (χ3v) is 5.80. The highest BCUT2D eigenvalue weighted by atomic mass is 32.2. The van der Waals surface area contributed by atoms with E-state index < -0.39 is 0 Å². The molecule has 0 saturated heterocycles. The van der Waals surface area contributed by atoms with E-state index in [0.717, 1.165) is 25.1 Å². The van der Waals surface area contributed by atoms with Crippen LogP contribution in [0.2, 0.25) is 0 Å². The topological polar surface area (TPSA) is 41.1 Å². The van der Waals surface area contributed by atoms with Crippen LogP contribution in [0.4, 0.5) is 0 Å². The van der Waals surface area contributed by atoms with Crippen molar-refractivity contribution < 1.29 is 4.79 Å². The molecule has 23 heavy (non-hydrogen) atoms. The second-order valence-corrected chi connectivity index (χ2v) is 7.28. The van der Waals surface area contributed by atoms with Crippen molar-refractivity contribution in [3.8, 4) is 0 Å². The van der Waals surface area contributed by atoms with Gasteiger partial charge in [-0.25, -0.2) is 0 Å². The van der Waals surface area contributed by atoms with Crippen LogP contribution in [0.3, 0.4) is 0 Å². The van der Waals surface area contributed by atoms with Crippen molar-refractivity contribution in [1.82, 2.24) is 10.6 Å². The molecule has 2 N–H and O–H groups in total. The first-order valence-electron chi connectivity index (χ1n) is 8.13. The second-order valence-electron chi connectivity index (χ2n) is 6.14. The molecule has 3 nitrogen and oxygen atoms in total. The van der Waals surface area contributed by atoms with Gasteiger partial charge in [0.05, 0.1) is 12.1 Å². The summed E-state index contributed by atoms with van der Waals surface area (Å²) in [7, 11) is 0. The molecule has 2 aromatic carbocycles. The number of amides is 1. The summed E-state index contributed by atoms with van der Waals surface area (Å²) in [6.45, 7) is 0.769. The molecule has 0 saturated carbocycles. The van der Waals surface area contributed by atoms with Crippen molar-refractivity contribution >= 4 is 17.7 Å². The summed E-state index contributed by atoms with van der Waals surface area (Å²) in [4.78, 5) is 14.0. The fourth-order valence-corrected chi connectivity index (χ4v) is 4.53. The quantitative estimate of drug-likeness (QED) is 0.892. The Balaban J connectivity index is 1.47. The van der Waals surface area contributed by atoms with E-state index in [1.807, 2.05) is 17.8 Å². The molecule has 0 aromatic heterocycles. The Hall–Kier alpha value is -1.78. The summed E-state index contributed by atoms with van der Waals surface area (Å²) in [5, 5.41) is 6.63. The van der Waals surface area contributed by atoms with Crippen LogP contribution < -0.4 is 10.6 Å². The Morgan fingerprint density at radius 2 is 1.87 bits per heavy atom. The molecule has 2 heterocycles. The van der Waals surface area contributed by atoms with Crippen molar-refractivity contribution in [3.63, 3.8) is 0 Å². The highest BCUT2D eigenvalue weighted by Gasteiger charge is 2.28. The van der Waals surface area contributed by atoms with Gasteiger partial charge in [0.15, 0.2) is 0 Å². The molecule has 2 aromatic rings. The first-order valence-corrected chi connectivity index (χ1v) is 9.12. The van der Waals surface area contributed by atoms with Crippen LogP contribution in [0.1, 0.15) is 29.2 Å². The zero-order valence-electron chi connectivity index (χ0n) is 12.9. The van der Waals surface area contributed by atoms with Gasteiger partial charge in [0.1, 0.15) is 0 Å². The number of thioether (sulfide) groups is 1. The first kappa shape index (κ1) is 14.8. The minimum Gasteiger partial charge on any atom is -0.348 e. The predicted molar refractivity (Wildman–Crippen MR) is 93.4 cm³/mol. The highest BCUT2D eigenvalue weighted by molar-refractivity contribution is 7.99. The molecule has 2 aliphatic heterocycles. The number of nitrogens with one attached hydrogen (secondary N) is 2. The lowest BCUT2D eigenvalue weighted by molar-refractivity contribution is -0.124. The SMILES string of the molecule is O=C(NC1CCSc2ccccc21)C1Cc2ccccc2CN1. The fraction of sp³-hybridized carbons (Fsp3) is 0.316. The molecule has 2 aliphatic rings. The van der Waals surface area contributed by atoms with E-state index >= 15 is 0 Å². The third-order valence-electron chi connectivity index (χ3n) is 4.67. The minimum absolute atomic E-state index is 0.117. The van der Waals surface area contributed by atoms with Crippen LogP contribution in [0.5, 0.6) is 0 Å². The minimum atomic E-state index is -0.133. The van der Waals surface area contributed by atoms with Gasteiger partial charge in [-0.3, -0.25) is 4.79 Å². The Kier molecular flexibility index (Phi) is 4.10. The van der Waals surface area contributed by atoms with E-state index in [2.05, 4.69) is 53.1 Å². The standard InChI is InChI=1S/C19H20N2OS/c22-19(17-11-13-5-1-2-6-14(13)12-20-17)21-16-9-10-23-18-8-4-3-7-15(16)18/h1-8,16-17,20H,9-12H2,(H,21,22). The zero-order chi connectivity index (χ0) is 15.6. The van der Waals surface area contributed by atoms with E-state index in [1.54, 1.807) is 0 Å². The lowest BCUT2D eigenvalue weighted by Gasteiger charge is -2.30. The molecular formula is C19H20N2OS. The third kappa shape index (κ3) is 3.01. The van der Waals surface area contributed by atoms with Crippen LogP contribution in [0.15, 0.2) is 53.4 Å². The van der Waals surface area contributed by atoms with Gasteiger partial charge in [0, 0.05) is 17.2 Å². The maximum absolute atomic E-state index is 12.7. The van der Waals surface area contributed by atoms with Crippen molar-refractivity contribution in [2.75, 3.05) is 5.75 Å². The van der Waals surface area contributed by atoms with Crippen LogP contribution in [-0.2, 0) is 17.8 Å². The number of fused-ring (bicyclic) bond motifs is 2. The van der Waals surface area contributed by atoms with Crippen molar-refractivity contribution in [2.45, 2.75) is 36.4 Å². The van der Waals surface area contributed by atoms with Gasteiger partial charge in [-0.2, -0.15) is 0 Å². The van der Waals surface area contributed by atoms with E-state index in [-0.39, 0.29) is 18.0 Å². The number of carbonyl (C=O) groups excluding carboxylic acids is 1. The van der Waals surface area contributed by atoms with E-state index in [4.69, 9.17) is 0 Å². The molecule has 2 unspecified atom stereocenters. The molecule has 0 aliphatic carbocycles. The Bertz CT molecular complexity index is 731. The van der Waals surface area contributed by atoms with Gasteiger partial charge in [-0.15, -0.1) is 11.8 Å². The van der Waals surface area contributed by atoms with E-state index in [0.29, 0.717) is 0 Å². The van der Waals surface area contributed by atoms with E-state index in [9.17, 15) is 4.79 Å². The number of hydrogen-bond donors (Lipinski definition) is 2. The largest absolute Gasteiger partial charge is 0.348 e. The Morgan fingerprint density at radius 3 is 2.78 bits per heavy atom. The average Bonchev–Trinajstić information content (AvgIpc) is 2.61. The van der Waals surface area contributed by atoms with E-state index in [1.165, 1.54) is 21.6 Å². The first-order chi connectivity index (χ1) is 11.3. The monoisotopic (exact) mass is 324 g/mol. The Labute approximate surface area is 140 Å². The van der Waals surface area contributed by atoms with Gasteiger partial charge in [-0.1, -0.05) is 42.5 Å². The molecule has 2 atom stereocenters. The average molecular weight is 324 g/mol. The summed E-state index contributed by atoms with van der Waals surface area (Å²) in [5.74, 6) is 1.18. The maximum atomic E-state index is 12.7. The second kappa shape index (κ2) is 6.38. The van der Waals surface area contributed by atoms with Crippen LogP contribution in [0, 0.1) is 0 Å². The highest BCUT2D eigenvalue weighted by Crippen LogP contribution is 2.35. The summed E-state index contributed by atoms with van der Waals surface area (Å²) in [5.41, 5.74) is 3.84. The summed E-state index contributed by atoms with van der Waals surface area (Å²) in [6.07, 6.45) is 1.77.